The van der Waals surface area contributed by atoms with E-state index in [-0.39, 0.29) is 5.54 Å². The summed E-state index contributed by atoms with van der Waals surface area (Å²) in [6.07, 6.45) is 2.39. The van der Waals surface area contributed by atoms with Gasteiger partial charge in [0.05, 0.1) is 6.61 Å². The van der Waals surface area contributed by atoms with Gasteiger partial charge in [0, 0.05) is 18.7 Å². The van der Waals surface area contributed by atoms with Crippen molar-refractivity contribution in [1.82, 2.24) is 5.32 Å². The smallest absolute Gasteiger partial charge is 0.0591 e. The molecule has 0 aliphatic heterocycles. The van der Waals surface area contributed by atoms with Gasteiger partial charge < -0.3 is 10.1 Å². The van der Waals surface area contributed by atoms with Crippen LogP contribution in [0.3, 0.4) is 0 Å². The van der Waals surface area contributed by atoms with Gasteiger partial charge in [-0.05, 0) is 27.2 Å². The Balaban J connectivity index is 3.01. The maximum atomic E-state index is 5.41. The molecule has 0 aromatic rings. The molecule has 2 nitrogen and oxygen atoms in total. The molecule has 0 unspecified atom stereocenters. The van der Waals surface area contributed by atoms with Gasteiger partial charge in [0.15, 0.2) is 0 Å². The molecule has 0 aliphatic rings. The molecule has 0 heterocycles. The Kier molecular flexibility index (Phi) is 6.39. The van der Waals surface area contributed by atoms with Gasteiger partial charge in [0.1, 0.15) is 0 Å². The molecule has 0 atom stereocenters. The van der Waals surface area contributed by atoms with Crippen LogP contribution in [-0.2, 0) is 4.74 Å². The lowest BCUT2D eigenvalue weighted by Gasteiger charge is -2.20. The van der Waals surface area contributed by atoms with Crippen molar-refractivity contribution in [2.45, 2.75) is 46.1 Å². The van der Waals surface area contributed by atoms with Crippen LogP contribution in [0.5, 0.6) is 0 Å². The van der Waals surface area contributed by atoms with E-state index in [9.17, 15) is 0 Å². The van der Waals surface area contributed by atoms with Crippen molar-refractivity contribution >= 4 is 0 Å². The first-order valence-corrected chi connectivity index (χ1v) is 4.89. The lowest BCUT2D eigenvalue weighted by molar-refractivity contribution is 0.128. The molecule has 0 radical (unpaired) electrons. The Bertz CT molecular complexity index is 96.5. The van der Waals surface area contributed by atoms with Gasteiger partial charge in [0.2, 0.25) is 0 Å². The Morgan fingerprint density at radius 2 is 1.83 bits per heavy atom. The van der Waals surface area contributed by atoms with Crippen LogP contribution in [0.25, 0.3) is 0 Å². The van der Waals surface area contributed by atoms with E-state index < -0.39 is 0 Å². The highest BCUT2D eigenvalue weighted by molar-refractivity contribution is 4.69. The second-order valence-corrected chi connectivity index (χ2v) is 4.14. The summed E-state index contributed by atoms with van der Waals surface area (Å²) in [6, 6.07) is 0. The van der Waals surface area contributed by atoms with E-state index in [1.54, 1.807) is 0 Å². The molecule has 0 fully saturated rings. The molecule has 0 aromatic carbocycles. The predicted molar refractivity (Wildman–Crippen MR) is 53.5 cm³/mol. The average Bonchev–Trinajstić information content (AvgIpc) is 1.94. The summed E-state index contributed by atoms with van der Waals surface area (Å²) in [7, 11) is 0. The zero-order valence-corrected chi connectivity index (χ0v) is 8.94. The van der Waals surface area contributed by atoms with E-state index in [0.29, 0.717) is 0 Å². The van der Waals surface area contributed by atoms with Gasteiger partial charge in [0.25, 0.3) is 0 Å². The molecule has 2 heteroatoms. The molecule has 1 N–H and O–H groups in total. The topological polar surface area (TPSA) is 21.3 Å². The van der Waals surface area contributed by atoms with E-state index in [2.05, 4.69) is 33.0 Å². The van der Waals surface area contributed by atoms with Gasteiger partial charge in [-0.3, -0.25) is 0 Å². The molecule has 0 saturated heterocycles. The van der Waals surface area contributed by atoms with Crippen LogP contribution in [0.1, 0.15) is 40.5 Å². The van der Waals surface area contributed by atoms with E-state index in [1.165, 1.54) is 12.8 Å². The van der Waals surface area contributed by atoms with Gasteiger partial charge in [-0.1, -0.05) is 13.3 Å². The highest BCUT2D eigenvalue weighted by Crippen LogP contribution is 1.96. The molecule has 0 bridgehead atoms. The lowest BCUT2D eigenvalue weighted by atomic mass is 10.1. The quantitative estimate of drug-likeness (QED) is 0.622. The first-order valence-electron chi connectivity index (χ1n) is 4.89. The second kappa shape index (κ2) is 6.44. The minimum atomic E-state index is 0.216. The van der Waals surface area contributed by atoms with Gasteiger partial charge in [-0.15, -0.1) is 0 Å². The number of hydrogen-bond acceptors (Lipinski definition) is 2. The van der Waals surface area contributed by atoms with Crippen molar-refractivity contribution in [3.8, 4) is 0 Å². The summed E-state index contributed by atoms with van der Waals surface area (Å²) in [5.41, 5.74) is 0.216. The number of nitrogens with one attached hydrogen (secondary N) is 1. The summed E-state index contributed by atoms with van der Waals surface area (Å²) in [5, 5.41) is 3.37. The number of unbranched alkanes of at least 4 members (excludes halogenated alkanes) is 1. The number of ether oxygens (including phenoxy) is 1. The Labute approximate surface area is 76.7 Å². The van der Waals surface area contributed by atoms with Gasteiger partial charge in [-0.25, -0.2) is 0 Å². The molecular formula is C10H23NO. The van der Waals surface area contributed by atoms with Crippen LogP contribution in [0.2, 0.25) is 0 Å². The fourth-order valence-corrected chi connectivity index (χ4v) is 0.847. The van der Waals surface area contributed by atoms with Crippen molar-refractivity contribution in [1.29, 1.82) is 0 Å². The van der Waals surface area contributed by atoms with E-state index >= 15 is 0 Å². The normalized spacial score (nSPS) is 12.0. The fraction of sp³-hybridized carbons (Fsp3) is 1.00. The third-order valence-electron chi connectivity index (χ3n) is 1.54. The second-order valence-electron chi connectivity index (χ2n) is 4.14. The van der Waals surface area contributed by atoms with Crippen molar-refractivity contribution in [2.75, 3.05) is 19.8 Å². The zero-order chi connectivity index (χ0) is 9.45. The van der Waals surface area contributed by atoms with Crippen molar-refractivity contribution in [3.63, 3.8) is 0 Å². The van der Waals surface area contributed by atoms with Crippen molar-refractivity contribution < 1.29 is 4.74 Å². The standard InChI is InChI=1S/C10H23NO/c1-5-6-8-12-9-7-11-10(2,3)4/h11H,5-9H2,1-4H3. The Morgan fingerprint density at radius 3 is 2.33 bits per heavy atom. The highest BCUT2D eigenvalue weighted by atomic mass is 16.5. The monoisotopic (exact) mass is 173 g/mol. The molecule has 0 spiro atoms. The molecule has 0 aliphatic carbocycles. The SMILES string of the molecule is CCCCOCCNC(C)(C)C. The molecule has 0 saturated carbocycles. The summed E-state index contributed by atoms with van der Waals surface area (Å²) in [5.74, 6) is 0. The van der Waals surface area contributed by atoms with Crippen LogP contribution >= 0.6 is 0 Å². The average molecular weight is 173 g/mol. The van der Waals surface area contributed by atoms with Crippen LogP contribution in [0.4, 0.5) is 0 Å². The van der Waals surface area contributed by atoms with E-state index in [0.717, 1.165) is 19.8 Å². The summed E-state index contributed by atoms with van der Waals surface area (Å²) < 4.78 is 5.41. The predicted octanol–water partition coefficient (Wildman–Crippen LogP) is 2.19. The van der Waals surface area contributed by atoms with E-state index in [4.69, 9.17) is 4.74 Å². The highest BCUT2D eigenvalue weighted by Gasteiger charge is 2.06. The summed E-state index contributed by atoms with van der Waals surface area (Å²) in [6.45, 7) is 11.4. The largest absolute Gasteiger partial charge is 0.380 e. The molecule has 0 amide bonds. The van der Waals surface area contributed by atoms with Crippen LogP contribution in [0.15, 0.2) is 0 Å². The minimum absolute atomic E-state index is 0.216. The third-order valence-corrected chi connectivity index (χ3v) is 1.54. The van der Waals surface area contributed by atoms with E-state index in [1.807, 2.05) is 0 Å². The molecular weight excluding hydrogens is 150 g/mol. The van der Waals surface area contributed by atoms with Gasteiger partial charge in [-0.2, -0.15) is 0 Å². The minimum Gasteiger partial charge on any atom is -0.380 e. The maximum absolute atomic E-state index is 5.41. The molecule has 74 valence electrons. The fourth-order valence-electron chi connectivity index (χ4n) is 0.847. The summed E-state index contributed by atoms with van der Waals surface area (Å²) in [4.78, 5) is 0. The zero-order valence-electron chi connectivity index (χ0n) is 8.94. The summed E-state index contributed by atoms with van der Waals surface area (Å²) >= 11 is 0. The number of rotatable bonds is 6. The maximum Gasteiger partial charge on any atom is 0.0591 e. The van der Waals surface area contributed by atoms with Crippen molar-refractivity contribution in [3.05, 3.63) is 0 Å². The van der Waals surface area contributed by atoms with Gasteiger partial charge >= 0.3 is 0 Å². The lowest BCUT2D eigenvalue weighted by Crippen LogP contribution is -2.38. The van der Waals surface area contributed by atoms with Crippen LogP contribution in [-0.4, -0.2) is 25.3 Å². The third kappa shape index (κ3) is 9.92. The molecule has 0 rings (SSSR count). The van der Waals surface area contributed by atoms with Crippen LogP contribution < -0.4 is 5.32 Å². The van der Waals surface area contributed by atoms with Crippen molar-refractivity contribution in [2.24, 2.45) is 0 Å². The number of hydrogen-bond donors (Lipinski definition) is 1. The Morgan fingerprint density at radius 1 is 1.17 bits per heavy atom. The molecule has 0 aromatic heterocycles. The first kappa shape index (κ1) is 11.9. The Hall–Kier alpha value is -0.0800. The molecule has 12 heavy (non-hydrogen) atoms. The van der Waals surface area contributed by atoms with Crippen LogP contribution in [0, 0.1) is 0 Å². The first-order chi connectivity index (χ1) is 5.56.